The summed E-state index contributed by atoms with van der Waals surface area (Å²) in [6.45, 7) is 0.501. The van der Waals surface area contributed by atoms with Crippen LogP contribution in [0.4, 0.5) is 10.1 Å². The van der Waals surface area contributed by atoms with Crippen LogP contribution in [0.5, 0.6) is 5.75 Å². The van der Waals surface area contributed by atoms with Crippen LogP contribution < -0.4 is 10.1 Å². The first kappa shape index (κ1) is 14.4. The molecular weight excluding hydrogens is 380 g/mol. The highest BCUT2D eigenvalue weighted by Gasteiger charge is 2.04. The number of rotatable bonds is 4. The van der Waals surface area contributed by atoms with E-state index in [1.54, 1.807) is 6.07 Å². The summed E-state index contributed by atoms with van der Waals surface area (Å²) in [5.74, 6) is -0.119. The number of hydrogen-bond acceptors (Lipinski definition) is 2. The molecule has 0 aliphatic rings. The molecule has 2 aromatic rings. The van der Waals surface area contributed by atoms with Crippen LogP contribution in [0.25, 0.3) is 0 Å². The van der Waals surface area contributed by atoms with Crippen LogP contribution in [0.1, 0.15) is 5.56 Å². The normalized spacial score (nSPS) is 10.3. The largest absolute Gasteiger partial charge is 0.494 e. The molecule has 0 saturated carbocycles. The third-order valence-electron chi connectivity index (χ3n) is 2.63. The van der Waals surface area contributed by atoms with Crippen molar-refractivity contribution in [1.82, 2.24) is 0 Å². The van der Waals surface area contributed by atoms with E-state index in [2.05, 4.69) is 27.9 Å². The van der Waals surface area contributed by atoms with E-state index in [0.29, 0.717) is 11.6 Å². The van der Waals surface area contributed by atoms with Crippen molar-refractivity contribution in [2.45, 2.75) is 6.54 Å². The van der Waals surface area contributed by atoms with E-state index in [0.717, 1.165) is 14.8 Å². The Balaban J connectivity index is 2.08. The molecule has 0 atom stereocenters. The first-order chi connectivity index (χ1) is 9.10. The zero-order valence-electron chi connectivity index (χ0n) is 10.2. The zero-order chi connectivity index (χ0) is 13.8. The molecule has 1 N–H and O–H groups in total. The Hall–Kier alpha value is -1.01. The molecule has 0 fully saturated rings. The van der Waals surface area contributed by atoms with Gasteiger partial charge in [-0.25, -0.2) is 4.39 Å². The molecule has 0 saturated heterocycles. The molecule has 0 bridgehead atoms. The SMILES string of the molecule is COc1ccc(CNc2ccc(I)cc2Cl)cc1F. The molecule has 0 aliphatic heterocycles. The highest BCUT2D eigenvalue weighted by molar-refractivity contribution is 14.1. The lowest BCUT2D eigenvalue weighted by Gasteiger charge is -2.10. The highest BCUT2D eigenvalue weighted by atomic mass is 127. The van der Waals surface area contributed by atoms with Crippen molar-refractivity contribution in [3.05, 3.63) is 56.4 Å². The molecule has 0 heterocycles. The van der Waals surface area contributed by atoms with Crippen LogP contribution in [0.2, 0.25) is 5.02 Å². The van der Waals surface area contributed by atoms with Gasteiger partial charge >= 0.3 is 0 Å². The van der Waals surface area contributed by atoms with Crippen molar-refractivity contribution in [3.63, 3.8) is 0 Å². The first-order valence-electron chi connectivity index (χ1n) is 5.61. The molecule has 2 rings (SSSR count). The van der Waals surface area contributed by atoms with Crippen LogP contribution >= 0.6 is 34.2 Å². The second kappa shape index (κ2) is 6.43. The Labute approximate surface area is 130 Å². The first-order valence-corrected chi connectivity index (χ1v) is 7.07. The molecule has 2 nitrogen and oxygen atoms in total. The van der Waals surface area contributed by atoms with E-state index in [4.69, 9.17) is 16.3 Å². The molecule has 19 heavy (non-hydrogen) atoms. The molecule has 100 valence electrons. The molecule has 0 aromatic heterocycles. The van der Waals surface area contributed by atoms with Gasteiger partial charge in [0.25, 0.3) is 0 Å². The van der Waals surface area contributed by atoms with Crippen LogP contribution in [0, 0.1) is 9.39 Å². The average Bonchev–Trinajstić information content (AvgIpc) is 2.38. The van der Waals surface area contributed by atoms with Gasteiger partial charge in [0.15, 0.2) is 11.6 Å². The van der Waals surface area contributed by atoms with E-state index in [-0.39, 0.29) is 11.6 Å². The minimum absolute atomic E-state index is 0.246. The van der Waals surface area contributed by atoms with Crippen molar-refractivity contribution in [2.75, 3.05) is 12.4 Å². The van der Waals surface area contributed by atoms with Gasteiger partial charge in [-0.05, 0) is 58.5 Å². The fourth-order valence-corrected chi connectivity index (χ4v) is 2.57. The van der Waals surface area contributed by atoms with Gasteiger partial charge in [-0.15, -0.1) is 0 Å². The summed E-state index contributed by atoms with van der Waals surface area (Å²) in [6.07, 6.45) is 0. The second-order valence-electron chi connectivity index (χ2n) is 3.95. The van der Waals surface area contributed by atoms with Crippen LogP contribution in [-0.4, -0.2) is 7.11 Å². The maximum atomic E-state index is 13.5. The van der Waals surface area contributed by atoms with E-state index in [9.17, 15) is 4.39 Å². The molecule has 0 amide bonds. The standard InChI is InChI=1S/C14H12ClFINO/c1-19-14-5-2-9(6-12(14)16)8-18-13-4-3-10(17)7-11(13)15/h2-7,18H,8H2,1H3. The minimum atomic E-state index is -0.365. The molecule has 2 aromatic carbocycles. The summed E-state index contributed by atoms with van der Waals surface area (Å²) in [5.41, 5.74) is 1.66. The number of anilines is 1. The van der Waals surface area contributed by atoms with Gasteiger partial charge in [-0.2, -0.15) is 0 Å². The number of nitrogens with one attached hydrogen (secondary N) is 1. The van der Waals surface area contributed by atoms with Crippen molar-refractivity contribution in [1.29, 1.82) is 0 Å². The molecule has 5 heteroatoms. The van der Waals surface area contributed by atoms with Gasteiger partial charge in [0, 0.05) is 10.1 Å². The second-order valence-corrected chi connectivity index (χ2v) is 5.60. The third-order valence-corrected chi connectivity index (χ3v) is 3.61. The third kappa shape index (κ3) is 3.73. The Morgan fingerprint density at radius 1 is 1.26 bits per heavy atom. The van der Waals surface area contributed by atoms with Gasteiger partial charge in [-0.3, -0.25) is 0 Å². The van der Waals surface area contributed by atoms with Crippen molar-refractivity contribution in [3.8, 4) is 5.75 Å². The van der Waals surface area contributed by atoms with Gasteiger partial charge in [-0.1, -0.05) is 17.7 Å². The number of methoxy groups -OCH3 is 1. The number of halogens is 3. The highest BCUT2D eigenvalue weighted by Crippen LogP contribution is 2.25. The van der Waals surface area contributed by atoms with E-state index >= 15 is 0 Å². The van der Waals surface area contributed by atoms with E-state index in [1.807, 2.05) is 24.3 Å². The average molecular weight is 392 g/mol. The maximum absolute atomic E-state index is 13.5. The van der Waals surface area contributed by atoms with E-state index < -0.39 is 0 Å². The van der Waals surface area contributed by atoms with Crippen molar-refractivity contribution < 1.29 is 9.13 Å². The lowest BCUT2D eigenvalue weighted by Crippen LogP contribution is -2.01. The number of ether oxygens (including phenoxy) is 1. The minimum Gasteiger partial charge on any atom is -0.494 e. The van der Waals surface area contributed by atoms with Crippen molar-refractivity contribution >= 4 is 39.9 Å². The fourth-order valence-electron chi connectivity index (χ4n) is 1.65. The maximum Gasteiger partial charge on any atom is 0.165 e. The fraction of sp³-hybridized carbons (Fsp3) is 0.143. The van der Waals surface area contributed by atoms with Crippen LogP contribution in [0.15, 0.2) is 36.4 Å². The predicted octanol–water partition coefficient (Wildman–Crippen LogP) is 4.70. The zero-order valence-corrected chi connectivity index (χ0v) is 13.1. The molecule has 0 radical (unpaired) electrons. The summed E-state index contributed by atoms with van der Waals surface area (Å²) in [4.78, 5) is 0. The smallest absolute Gasteiger partial charge is 0.165 e. The quantitative estimate of drug-likeness (QED) is 0.763. The number of hydrogen-bond donors (Lipinski definition) is 1. The van der Waals surface area contributed by atoms with Crippen LogP contribution in [-0.2, 0) is 6.54 Å². The molecule has 0 unspecified atom stereocenters. The lowest BCUT2D eigenvalue weighted by atomic mass is 10.2. The van der Waals surface area contributed by atoms with Gasteiger partial charge in [0.2, 0.25) is 0 Å². The van der Waals surface area contributed by atoms with Gasteiger partial charge < -0.3 is 10.1 Å². The Kier molecular flexibility index (Phi) is 4.87. The Bertz CT molecular complexity index is 592. The summed E-state index contributed by atoms with van der Waals surface area (Å²) in [6, 6.07) is 10.6. The van der Waals surface area contributed by atoms with Crippen molar-refractivity contribution in [2.24, 2.45) is 0 Å². The molecule has 0 aliphatic carbocycles. The Morgan fingerprint density at radius 3 is 2.68 bits per heavy atom. The van der Waals surface area contributed by atoms with Crippen LogP contribution in [0.3, 0.4) is 0 Å². The summed E-state index contributed by atoms with van der Waals surface area (Å²) >= 11 is 8.31. The summed E-state index contributed by atoms with van der Waals surface area (Å²) < 4.78 is 19.5. The topological polar surface area (TPSA) is 21.3 Å². The van der Waals surface area contributed by atoms with Gasteiger partial charge in [0.1, 0.15) is 0 Å². The lowest BCUT2D eigenvalue weighted by molar-refractivity contribution is 0.386. The summed E-state index contributed by atoms with van der Waals surface area (Å²) in [5, 5.41) is 3.83. The van der Waals surface area contributed by atoms with Gasteiger partial charge in [0.05, 0.1) is 17.8 Å². The molecular formula is C14H12ClFINO. The number of benzene rings is 2. The summed E-state index contributed by atoms with van der Waals surface area (Å²) in [7, 11) is 1.45. The molecule has 0 spiro atoms. The van der Waals surface area contributed by atoms with E-state index in [1.165, 1.54) is 13.2 Å². The monoisotopic (exact) mass is 391 g/mol. The predicted molar refractivity (Wildman–Crippen MR) is 84.4 cm³/mol. The Morgan fingerprint density at radius 2 is 2.05 bits per heavy atom.